The van der Waals surface area contributed by atoms with E-state index in [1.54, 1.807) is 6.21 Å². The van der Waals surface area contributed by atoms with Crippen LogP contribution in [0.3, 0.4) is 0 Å². The van der Waals surface area contributed by atoms with Crippen molar-refractivity contribution in [2.45, 2.75) is 0 Å². The molecule has 0 atom stereocenters. The molecule has 0 aromatic heterocycles. The third-order valence-electron chi connectivity index (χ3n) is 4.40. The maximum atomic E-state index is 13.9. The molecule has 0 bridgehead atoms. The molecule has 0 aliphatic carbocycles. The highest BCUT2D eigenvalue weighted by atomic mass is 31.2. The van der Waals surface area contributed by atoms with Gasteiger partial charge in [-0.25, -0.2) is 4.76 Å². The van der Waals surface area contributed by atoms with Crippen LogP contribution < -0.4 is 10.6 Å². The largest absolute Gasteiger partial charge is 0.288 e. The summed E-state index contributed by atoms with van der Waals surface area (Å²) in [7, 11) is -3.10. The van der Waals surface area contributed by atoms with Crippen molar-refractivity contribution in [3.63, 3.8) is 0 Å². The maximum Gasteiger partial charge on any atom is 0.247 e. The highest BCUT2D eigenvalue weighted by Gasteiger charge is 2.25. The molecule has 4 aromatic rings. The van der Waals surface area contributed by atoms with E-state index in [2.05, 4.69) is 23.0 Å². The minimum absolute atomic E-state index is 0.739. The van der Waals surface area contributed by atoms with Crippen molar-refractivity contribution in [2.75, 3.05) is 0 Å². The molecule has 26 heavy (non-hydrogen) atoms. The normalized spacial score (nSPS) is 11.8. The minimum Gasteiger partial charge on any atom is -0.288 e. The zero-order valence-electron chi connectivity index (χ0n) is 14.2. The summed E-state index contributed by atoms with van der Waals surface area (Å²) in [5.41, 5.74) is 0.968. The summed E-state index contributed by atoms with van der Waals surface area (Å²) >= 11 is 0. The molecule has 0 radical (unpaired) electrons. The number of nitrogens with zero attached hydrogens (tertiary/aromatic N) is 1. The van der Waals surface area contributed by atoms with E-state index in [1.165, 1.54) is 0 Å². The van der Waals surface area contributed by atoms with Gasteiger partial charge < -0.3 is 0 Å². The van der Waals surface area contributed by atoms with Gasteiger partial charge in [-0.1, -0.05) is 78.9 Å². The molecule has 2 nitrogen and oxygen atoms in total. The molecule has 3 heteroatoms. The van der Waals surface area contributed by atoms with E-state index in [4.69, 9.17) is 0 Å². The van der Waals surface area contributed by atoms with Crippen molar-refractivity contribution in [3.05, 3.63) is 109 Å². The summed E-state index contributed by atoms with van der Waals surface area (Å²) < 4.78 is 18.6. The molecule has 0 amide bonds. The number of hydrogen-bond acceptors (Lipinski definition) is 1. The Morgan fingerprint density at radius 2 is 1.15 bits per heavy atom. The standard InChI is InChI=1S/C23H18NOP/c25-26(21-13-3-1-4-14-21,22-15-5-2-6-16-22)24-18-20-12-9-11-19-10-7-8-17-23(19)20/h1-18H/b24-18+. The fourth-order valence-electron chi connectivity index (χ4n) is 3.05. The van der Waals surface area contributed by atoms with Crippen molar-refractivity contribution in [3.8, 4) is 0 Å². The lowest BCUT2D eigenvalue weighted by molar-refractivity contribution is 0.588. The molecule has 4 rings (SSSR count). The minimum atomic E-state index is -3.10. The van der Waals surface area contributed by atoms with Crippen LogP contribution in [-0.2, 0) is 4.57 Å². The van der Waals surface area contributed by atoms with E-state index in [1.807, 2.05) is 84.9 Å². The Labute approximate surface area is 153 Å². The van der Waals surface area contributed by atoms with Gasteiger partial charge in [0, 0.05) is 22.4 Å². The number of benzene rings is 4. The van der Waals surface area contributed by atoms with Gasteiger partial charge in [0.05, 0.1) is 0 Å². The van der Waals surface area contributed by atoms with Crippen LogP contribution in [-0.4, -0.2) is 6.21 Å². The second kappa shape index (κ2) is 7.11. The fourth-order valence-corrected chi connectivity index (χ4v) is 5.05. The number of fused-ring (bicyclic) bond motifs is 1. The average molecular weight is 355 g/mol. The van der Waals surface area contributed by atoms with Crippen LogP contribution in [0, 0.1) is 0 Å². The van der Waals surface area contributed by atoms with E-state index >= 15 is 0 Å². The zero-order valence-corrected chi connectivity index (χ0v) is 15.1. The summed E-state index contributed by atoms with van der Waals surface area (Å²) in [5, 5.41) is 3.72. The first-order chi connectivity index (χ1) is 12.8. The van der Waals surface area contributed by atoms with Gasteiger partial charge in [0.1, 0.15) is 0 Å². The Bertz CT molecular complexity index is 1060. The Hall–Kier alpha value is -2.96. The third-order valence-corrected chi connectivity index (χ3v) is 6.83. The quantitative estimate of drug-likeness (QED) is 0.366. The molecule has 0 fully saturated rings. The van der Waals surface area contributed by atoms with Gasteiger partial charge in [0.2, 0.25) is 7.29 Å². The average Bonchev–Trinajstić information content (AvgIpc) is 2.73. The van der Waals surface area contributed by atoms with Crippen molar-refractivity contribution in [1.82, 2.24) is 0 Å². The van der Waals surface area contributed by atoms with Crippen molar-refractivity contribution in [1.29, 1.82) is 0 Å². The molecule has 0 aliphatic rings. The molecule has 0 N–H and O–H groups in total. The topological polar surface area (TPSA) is 29.4 Å². The Morgan fingerprint density at radius 3 is 1.81 bits per heavy atom. The van der Waals surface area contributed by atoms with Crippen LogP contribution in [0.25, 0.3) is 10.8 Å². The molecule has 0 saturated carbocycles. The van der Waals surface area contributed by atoms with Gasteiger partial charge in [-0.2, -0.15) is 0 Å². The van der Waals surface area contributed by atoms with Crippen LogP contribution in [0.2, 0.25) is 0 Å². The number of rotatable bonds is 4. The van der Waals surface area contributed by atoms with E-state index in [-0.39, 0.29) is 0 Å². The molecular formula is C23H18NOP. The lowest BCUT2D eigenvalue weighted by atomic mass is 10.1. The SMILES string of the molecule is O=P(/N=C/c1cccc2ccccc12)(c1ccccc1)c1ccccc1. The van der Waals surface area contributed by atoms with E-state index in [9.17, 15) is 4.57 Å². The van der Waals surface area contributed by atoms with Gasteiger partial charge in [-0.15, -0.1) is 0 Å². The van der Waals surface area contributed by atoms with Gasteiger partial charge in [0.15, 0.2) is 0 Å². The number of hydrogen-bond donors (Lipinski definition) is 0. The highest BCUT2D eigenvalue weighted by molar-refractivity contribution is 7.77. The lowest BCUT2D eigenvalue weighted by Gasteiger charge is -2.14. The fraction of sp³-hybridized carbons (Fsp3) is 0. The molecule has 0 spiro atoms. The van der Waals surface area contributed by atoms with E-state index in [0.29, 0.717) is 0 Å². The zero-order chi connectivity index (χ0) is 17.8. The van der Waals surface area contributed by atoms with Gasteiger partial charge in [0.25, 0.3) is 0 Å². The van der Waals surface area contributed by atoms with Gasteiger partial charge in [-0.05, 0) is 35.0 Å². The van der Waals surface area contributed by atoms with Crippen molar-refractivity contribution in [2.24, 2.45) is 4.76 Å². The third kappa shape index (κ3) is 3.12. The predicted molar refractivity (Wildman–Crippen MR) is 111 cm³/mol. The molecule has 4 aromatic carbocycles. The predicted octanol–water partition coefficient (Wildman–Crippen LogP) is 5.19. The van der Waals surface area contributed by atoms with Crippen LogP contribution in [0.15, 0.2) is 108 Å². The Kier molecular flexibility index (Phi) is 4.51. The van der Waals surface area contributed by atoms with E-state index in [0.717, 1.165) is 26.9 Å². The molecule has 0 aliphatic heterocycles. The Morgan fingerprint density at radius 1 is 0.615 bits per heavy atom. The smallest absolute Gasteiger partial charge is 0.247 e. The summed E-state index contributed by atoms with van der Waals surface area (Å²) in [6, 6.07) is 33.2. The van der Waals surface area contributed by atoms with Crippen molar-refractivity contribution < 1.29 is 4.57 Å². The first-order valence-corrected chi connectivity index (χ1v) is 10.2. The summed E-state index contributed by atoms with van der Waals surface area (Å²) in [4.78, 5) is 0. The van der Waals surface area contributed by atoms with Crippen LogP contribution in [0.5, 0.6) is 0 Å². The van der Waals surface area contributed by atoms with Gasteiger partial charge >= 0.3 is 0 Å². The maximum absolute atomic E-state index is 13.9. The molecule has 0 heterocycles. The van der Waals surface area contributed by atoms with Crippen molar-refractivity contribution >= 4 is 34.9 Å². The monoisotopic (exact) mass is 355 g/mol. The summed E-state index contributed by atoms with van der Waals surface area (Å²) in [6.07, 6.45) is 1.75. The van der Waals surface area contributed by atoms with Crippen LogP contribution >= 0.6 is 7.29 Å². The second-order valence-electron chi connectivity index (χ2n) is 6.06. The van der Waals surface area contributed by atoms with Gasteiger partial charge in [-0.3, -0.25) is 4.57 Å². The lowest BCUT2D eigenvalue weighted by Crippen LogP contribution is -2.14. The second-order valence-corrected chi connectivity index (χ2v) is 8.48. The molecule has 0 saturated heterocycles. The first-order valence-electron chi connectivity index (χ1n) is 8.52. The highest BCUT2D eigenvalue weighted by Crippen LogP contribution is 2.44. The molecule has 126 valence electrons. The molecule has 0 unspecified atom stereocenters. The van der Waals surface area contributed by atoms with Crippen LogP contribution in [0.1, 0.15) is 5.56 Å². The van der Waals surface area contributed by atoms with Crippen LogP contribution in [0.4, 0.5) is 0 Å². The summed E-state index contributed by atoms with van der Waals surface area (Å²) in [6.45, 7) is 0. The molecular weight excluding hydrogens is 337 g/mol. The van der Waals surface area contributed by atoms with E-state index < -0.39 is 7.29 Å². The first kappa shape index (κ1) is 16.5. The Balaban J connectivity index is 1.86. The summed E-state index contributed by atoms with van der Waals surface area (Å²) in [5.74, 6) is 0.